The molecule has 796 valence electrons. The molecule has 0 saturated heterocycles. The van der Waals surface area contributed by atoms with Crippen molar-refractivity contribution >= 4 is 154 Å². The van der Waals surface area contributed by atoms with Crippen molar-refractivity contribution in [2.75, 3.05) is 31.9 Å². The van der Waals surface area contributed by atoms with E-state index in [1.54, 1.807) is 96.6 Å². The number of hydrogen-bond donors (Lipinski definition) is 12. The highest BCUT2D eigenvalue weighted by molar-refractivity contribution is 5.98. The summed E-state index contributed by atoms with van der Waals surface area (Å²) in [5.74, 6) is -1.44. The minimum Gasteiger partial charge on any atom is -0.390 e. The molecular formula is C110H137F6N21O12. The minimum atomic E-state index is -5.00. The standard InChI is InChI=1S/C21H21F4N3O3.C19H24N4O.2C18H24N4O2.2C17H22FN3O2/c1-19(2,30)12-4-9-15-16(10-12)28(14-7-5-13(22)6-8-14)18(26-15)27-17(29)11-20(3,31)21(23,24)25;1-12-9-15-16(10-14(12)20-5)23(13-7-6-8-13)18(21-15)22-17(24)11-19(2,3)4;2*1-11-8-13-14(9-12(11)19-7)22(17(2,3)4)16(20-13)21-15(23)10-18(5,6)24;2*1-10-7-12(18)15-13(8-10)19-16(21(15)11-5-4-6-11)20-14(22)9-17(2,3)23/h4-10,30-31H,11H2,1-3H3,(H,26,27,29);9-10,13H,6-8,11H2,1-4H3,(H,21,22,24);2*8-9,24H,10H2,1-6H3,(H,20,21,23);2*7-8,11,23H,4-6,9H2,1-3H3,(H,19,20,22). The maximum atomic E-state index is 14.4. The molecule has 33 nitrogen and oxygen atoms in total. The molecule has 16 rings (SSSR count). The normalized spacial score (nSPS) is 14.2. The summed E-state index contributed by atoms with van der Waals surface area (Å²) >= 11 is 0. The van der Waals surface area contributed by atoms with Gasteiger partial charge in [-0.3, -0.25) is 65.2 Å². The lowest BCUT2D eigenvalue weighted by molar-refractivity contribution is -0.253. The fraction of sp³-hybridized carbons (Fsp3) is 0.482. The fourth-order valence-electron chi connectivity index (χ4n) is 17.3. The molecule has 6 amide bonds. The first-order chi connectivity index (χ1) is 68.8. The molecule has 1 atom stereocenters. The van der Waals surface area contributed by atoms with Gasteiger partial charge in [-0.05, 0) is 346 Å². The van der Waals surface area contributed by atoms with Crippen LogP contribution in [0, 0.1) is 77.2 Å². The molecule has 1 unspecified atom stereocenters. The Morgan fingerprint density at radius 1 is 0.356 bits per heavy atom. The smallest absolute Gasteiger partial charge is 0.390 e. The molecule has 0 bridgehead atoms. The summed E-state index contributed by atoms with van der Waals surface area (Å²) in [5, 5.41) is 75.5. The van der Waals surface area contributed by atoms with Crippen molar-refractivity contribution in [3.05, 3.63) is 188 Å². The monoisotopic (exact) mass is 2060 g/mol. The third-order valence-corrected chi connectivity index (χ3v) is 24.9. The van der Waals surface area contributed by atoms with Gasteiger partial charge < -0.3 is 53.5 Å². The zero-order valence-electron chi connectivity index (χ0n) is 89.3. The molecule has 0 radical (unpaired) electrons. The second-order valence-electron chi connectivity index (χ2n) is 45.4. The van der Waals surface area contributed by atoms with E-state index in [2.05, 4.69) is 80.9 Å². The summed E-state index contributed by atoms with van der Waals surface area (Å²) < 4.78 is 92.0. The Hall–Kier alpha value is -14.0. The van der Waals surface area contributed by atoms with E-state index in [0.717, 1.165) is 112 Å². The molecule has 3 aliphatic carbocycles. The number of halogens is 6. The van der Waals surface area contributed by atoms with E-state index in [9.17, 15) is 85.7 Å². The number of hydrogen-bond acceptors (Lipinski definition) is 18. The van der Waals surface area contributed by atoms with Gasteiger partial charge in [0.2, 0.25) is 71.1 Å². The van der Waals surface area contributed by atoms with E-state index in [4.69, 9.17) is 19.7 Å². The van der Waals surface area contributed by atoms with Crippen LogP contribution >= 0.6 is 0 Å². The fourth-order valence-corrected chi connectivity index (χ4v) is 17.3. The van der Waals surface area contributed by atoms with Crippen molar-refractivity contribution in [2.45, 2.75) is 338 Å². The topological polar surface area (TPSA) is 416 Å². The first-order valence-corrected chi connectivity index (χ1v) is 49.4. The highest BCUT2D eigenvalue weighted by Gasteiger charge is 2.51. The van der Waals surface area contributed by atoms with Gasteiger partial charge in [-0.25, -0.2) is 57.6 Å². The summed E-state index contributed by atoms with van der Waals surface area (Å²) in [7, 11) is 0. The van der Waals surface area contributed by atoms with Crippen molar-refractivity contribution in [3.8, 4) is 5.69 Å². The molecule has 3 fully saturated rings. The van der Waals surface area contributed by atoms with E-state index >= 15 is 0 Å². The number of carbonyl (C=O) groups is 6. The quantitative estimate of drug-likeness (QED) is 0.0221. The lowest BCUT2D eigenvalue weighted by Gasteiger charge is -2.29. The minimum absolute atomic E-state index is 0.0134. The van der Waals surface area contributed by atoms with Crippen molar-refractivity contribution in [1.29, 1.82) is 0 Å². The number of fused-ring (bicyclic) bond motifs is 6. The molecule has 12 N–H and O–H groups in total. The maximum Gasteiger partial charge on any atom is 0.417 e. The van der Waals surface area contributed by atoms with E-state index in [1.165, 1.54) is 47.4 Å². The molecule has 6 aromatic heterocycles. The number of rotatable bonds is 22. The number of benzene rings is 7. The first kappa shape index (κ1) is 115. The van der Waals surface area contributed by atoms with Crippen LogP contribution in [0.2, 0.25) is 0 Å². The van der Waals surface area contributed by atoms with Crippen LogP contribution in [0.1, 0.15) is 286 Å². The van der Waals surface area contributed by atoms with E-state index in [1.807, 2.05) is 155 Å². The average molecular weight is 2060 g/mol. The molecule has 13 aromatic rings. The Bertz CT molecular complexity index is 7090. The number of alkyl halides is 3. The Kier molecular flexibility index (Phi) is 34.4. The number of aryl methyl sites for hydroxylation is 5. The van der Waals surface area contributed by atoms with Crippen LogP contribution in [0.15, 0.2) is 103 Å². The van der Waals surface area contributed by atoms with Gasteiger partial charge in [0.05, 0.1) is 135 Å². The third-order valence-electron chi connectivity index (χ3n) is 24.9. The largest absolute Gasteiger partial charge is 0.417 e. The number of amides is 6. The molecule has 6 heterocycles. The van der Waals surface area contributed by atoms with Gasteiger partial charge in [0.25, 0.3) is 0 Å². The van der Waals surface area contributed by atoms with Crippen LogP contribution in [-0.2, 0) is 45.4 Å². The predicted octanol–water partition coefficient (Wildman–Crippen LogP) is 23.1. The van der Waals surface area contributed by atoms with Crippen LogP contribution in [0.4, 0.5) is 79.1 Å². The SMILES string of the molecule is CC(C)(O)c1ccc2nc(NC(=O)CC(C)(O)C(F)(F)F)n(-c3ccc(F)cc3)c2c1.Cc1cc(F)c2c(c1)nc(NC(=O)CC(C)(C)O)n2C1CCC1.Cc1cc(F)c2c(c1)nc(NC(=O)CC(C)(C)O)n2C1CCC1.[C-]#[N+]c1cc2c(cc1C)nc(NC(=O)CC(C)(C)C)n2C1CCC1.[C-]#[N+]c1cc2c(cc1C)nc(NC(=O)CC(C)(C)O)n2C(C)(C)C.[C-]#[N+]c1cc2c(cc1C)nc(NC(=O)CC(C)(C)O)n2C(C)(C)C. The van der Waals surface area contributed by atoms with Crippen LogP contribution in [0.25, 0.3) is 86.4 Å². The van der Waals surface area contributed by atoms with Gasteiger partial charge in [-0.2, -0.15) is 13.2 Å². The number of anilines is 6. The van der Waals surface area contributed by atoms with Gasteiger partial charge in [-0.15, -0.1) is 0 Å². The number of imidazole rings is 6. The van der Waals surface area contributed by atoms with Gasteiger partial charge in [0, 0.05) is 41.3 Å². The Balaban J connectivity index is 0.000000170. The summed E-state index contributed by atoms with van der Waals surface area (Å²) in [4.78, 5) is 111. The Morgan fingerprint density at radius 2 is 0.664 bits per heavy atom. The summed E-state index contributed by atoms with van der Waals surface area (Å²) in [6.07, 6.45) is 3.47. The second kappa shape index (κ2) is 44.4. The zero-order valence-corrected chi connectivity index (χ0v) is 89.3. The van der Waals surface area contributed by atoms with Crippen LogP contribution in [-0.4, -0.2) is 158 Å². The van der Waals surface area contributed by atoms with Gasteiger partial charge >= 0.3 is 6.18 Å². The lowest BCUT2D eigenvalue weighted by Crippen LogP contribution is -2.45. The van der Waals surface area contributed by atoms with Gasteiger partial charge in [0.15, 0.2) is 22.7 Å². The van der Waals surface area contributed by atoms with Crippen LogP contribution in [0.5, 0.6) is 0 Å². The molecule has 0 aliphatic heterocycles. The number of carbonyl (C=O) groups excluding carboxylic acids is 6. The number of nitrogens with one attached hydrogen (secondary N) is 6. The van der Waals surface area contributed by atoms with E-state index < -0.39 is 57.9 Å². The lowest BCUT2D eigenvalue weighted by atomic mass is 9.92. The third kappa shape index (κ3) is 29.4. The van der Waals surface area contributed by atoms with E-state index in [0.29, 0.717) is 111 Å². The van der Waals surface area contributed by atoms with Crippen molar-refractivity contribution in [2.24, 2.45) is 5.41 Å². The summed E-state index contributed by atoms with van der Waals surface area (Å²) in [6.45, 7) is 65.8. The van der Waals surface area contributed by atoms with Crippen LogP contribution in [0.3, 0.4) is 0 Å². The maximum absolute atomic E-state index is 14.4. The summed E-state index contributed by atoms with van der Waals surface area (Å²) in [6, 6.07) is 28.5. The molecule has 0 spiro atoms. The van der Waals surface area contributed by atoms with Crippen molar-refractivity contribution in [3.63, 3.8) is 0 Å². The summed E-state index contributed by atoms with van der Waals surface area (Å²) in [5.41, 5.74) is 5.06. The molecule has 149 heavy (non-hydrogen) atoms. The first-order valence-electron chi connectivity index (χ1n) is 49.4. The Morgan fingerprint density at radius 3 is 0.993 bits per heavy atom. The van der Waals surface area contributed by atoms with Crippen LogP contribution < -0.4 is 31.9 Å². The molecular weight excluding hydrogens is 1920 g/mol. The Labute approximate surface area is 862 Å². The van der Waals surface area contributed by atoms with E-state index in [-0.39, 0.29) is 101 Å². The zero-order chi connectivity index (χ0) is 111. The molecule has 7 aromatic carbocycles. The van der Waals surface area contributed by atoms with Gasteiger partial charge in [0.1, 0.15) is 28.5 Å². The highest BCUT2D eigenvalue weighted by atomic mass is 19.4. The second-order valence-corrected chi connectivity index (χ2v) is 45.4. The molecule has 3 aliphatic rings. The molecule has 39 heteroatoms. The van der Waals surface area contributed by atoms with Gasteiger partial charge in [-0.1, -0.05) is 26.8 Å². The number of aliphatic hydroxyl groups is 6. The van der Waals surface area contributed by atoms with Crippen molar-refractivity contribution in [1.82, 2.24) is 57.3 Å². The average Bonchev–Trinajstić information content (AvgIpc) is 1.64. The van der Waals surface area contributed by atoms with Crippen molar-refractivity contribution < 1.29 is 85.7 Å². The predicted molar refractivity (Wildman–Crippen MR) is 567 cm³/mol. The number of nitrogens with zero attached hydrogens (tertiary/aromatic N) is 15. The highest BCUT2D eigenvalue weighted by Crippen LogP contribution is 2.45. The molecule has 3 saturated carbocycles. The number of aromatic nitrogens is 12.